The van der Waals surface area contributed by atoms with E-state index in [2.05, 4.69) is 60.4 Å². The highest BCUT2D eigenvalue weighted by molar-refractivity contribution is 14.1. The first-order valence-electron chi connectivity index (χ1n) is 4.10. The van der Waals surface area contributed by atoms with Gasteiger partial charge in [0.05, 0.1) is 0 Å². The fourth-order valence-corrected chi connectivity index (χ4v) is 1.54. The molecular formula is C11H13I. The lowest BCUT2D eigenvalue weighted by molar-refractivity contribution is 0.782. The molecule has 0 heterocycles. The van der Waals surface area contributed by atoms with Crippen molar-refractivity contribution in [3.8, 4) is 0 Å². The highest BCUT2D eigenvalue weighted by Gasteiger charge is 2.01. The van der Waals surface area contributed by atoms with Crippen LogP contribution < -0.4 is 0 Å². The van der Waals surface area contributed by atoms with Crippen molar-refractivity contribution in [2.75, 3.05) is 0 Å². The molecule has 1 aromatic carbocycles. The molecule has 1 rings (SSSR count). The van der Waals surface area contributed by atoms with E-state index in [1.807, 2.05) is 6.08 Å². The van der Waals surface area contributed by atoms with Gasteiger partial charge in [0.1, 0.15) is 0 Å². The molecule has 64 valence electrons. The van der Waals surface area contributed by atoms with Crippen molar-refractivity contribution in [1.82, 2.24) is 0 Å². The van der Waals surface area contributed by atoms with E-state index in [1.165, 1.54) is 9.13 Å². The van der Waals surface area contributed by atoms with Crippen LogP contribution in [0.1, 0.15) is 24.8 Å². The maximum Gasteiger partial charge on any atom is 0.0130 e. The Hall–Kier alpha value is -0.310. The SMILES string of the molecule is C=CCC(C)c1ccc(I)cc1. The highest BCUT2D eigenvalue weighted by Crippen LogP contribution is 2.19. The molecule has 1 heteroatoms. The molecule has 0 spiro atoms. The van der Waals surface area contributed by atoms with Crippen molar-refractivity contribution in [3.63, 3.8) is 0 Å². The Bertz CT molecular complexity index is 248. The molecule has 0 nitrogen and oxygen atoms in total. The summed E-state index contributed by atoms with van der Waals surface area (Å²) in [5.41, 5.74) is 1.40. The van der Waals surface area contributed by atoms with Crippen molar-refractivity contribution >= 4 is 22.6 Å². The summed E-state index contributed by atoms with van der Waals surface area (Å²) < 4.78 is 1.29. The number of hydrogen-bond acceptors (Lipinski definition) is 0. The van der Waals surface area contributed by atoms with E-state index in [9.17, 15) is 0 Å². The lowest BCUT2D eigenvalue weighted by Crippen LogP contribution is -1.90. The van der Waals surface area contributed by atoms with Crippen molar-refractivity contribution < 1.29 is 0 Å². The third kappa shape index (κ3) is 2.63. The van der Waals surface area contributed by atoms with Gasteiger partial charge in [0.15, 0.2) is 0 Å². The van der Waals surface area contributed by atoms with Gasteiger partial charge in [-0.05, 0) is 52.6 Å². The van der Waals surface area contributed by atoms with Crippen LogP contribution in [0.15, 0.2) is 36.9 Å². The van der Waals surface area contributed by atoms with Crippen molar-refractivity contribution in [3.05, 3.63) is 46.1 Å². The maximum absolute atomic E-state index is 3.74. The topological polar surface area (TPSA) is 0 Å². The maximum atomic E-state index is 3.74. The lowest BCUT2D eigenvalue weighted by atomic mass is 9.98. The molecule has 0 aliphatic heterocycles. The molecule has 1 atom stereocenters. The highest BCUT2D eigenvalue weighted by atomic mass is 127. The van der Waals surface area contributed by atoms with E-state index in [0.29, 0.717) is 5.92 Å². The van der Waals surface area contributed by atoms with Crippen LogP contribution in [-0.2, 0) is 0 Å². The van der Waals surface area contributed by atoms with Crippen LogP contribution in [0.25, 0.3) is 0 Å². The molecule has 0 bridgehead atoms. The monoisotopic (exact) mass is 272 g/mol. The van der Waals surface area contributed by atoms with E-state index < -0.39 is 0 Å². The van der Waals surface area contributed by atoms with Gasteiger partial charge < -0.3 is 0 Å². The first kappa shape index (κ1) is 9.78. The van der Waals surface area contributed by atoms with E-state index in [1.54, 1.807) is 0 Å². The van der Waals surface area contributed by atoms with Crippen LogP contribution in [0.4, 0.5) is 0 Å². The summed E-state index contributed by atoms with van der Waals surface area (Å²) in [6.07, 6.45) is 3.03. The molecule has 1 unspecified atom stereocenters. The van der Waals surface area contributed by atoms with Gasteiger partial charge >= 0.3 is 0 Å². The van der Waals surface area contributed by atoms with Crippen LogP contribution in [0.3, 0.4) is 0 Å². The third-order valence-electron chi connectivity index (χ3n) is 1.96. The number of halogens is 1. The van der Waals surface area contributed by atoms with Gasteiger partial charge in [-0.15, -0.1) is 6.58 Å². The molecular weight excluding hydrogens is 259 g/mol. The van der Waals surface area contributed by atoms with E-state index in [0.717, 1.165) is 6.42 Å². The first-order valence-corrected chi connectivity index (χ1v) is 5.18. The van der Waals surface area contributed by atoms with Crippen LogP contribution >= 0.6 is 22.6 Å². The zero-order valence-corrected chi connectivity index (χ0v) is 9.41. The number of allylic oxidation sites excluding steroid dienone is 1. The van der Waals surface area contributed by atoms with Gasteiger partial charge in [-0.3, -0.25) is 0 Å². The summed E-state index contributed by atoms with van der Waals surface area (Å²) in [4.78, 5) is 0. The summed E-state index contributed by atoms with van der Waals surface area (Å²) in [7, 11) is 0. The lowest BCUT2D eigenvalue weighted by Gasteiger charge is -2.08. The van der Waals surface area contributed by atoms with Gasteiger partial charge in [0.25, 0.3) is 0 Å². The summed E-state index contributed by atoms with van der Waals surface area (Å²) in [5.74, 6) is 0.597. The predicted molar refractivity (Wildman–Crippen MR) is 62.4 cm³/mol. The quantitative estimate of drug-likeness (QED) is 0.577. The Morgan fingerprint density at radius 3 is 2.50 bits per heavy atom. The second-order valence-corrected chi connectivity index (χ2v) is 4.22. The second kappa shape index (κ2) is 4.65. The van der Waals surface area contributed by atoms with Gasteiger partial charge in [-0.2, -0.15) is 0 Å². The fraction of sp³-hybridized carbons (Fsp3) is 0.273. The summed E-state index contributed by atoms with van der Waals surface area (Å²) in [6, 6.07) is 8.68. The van der Waals surface area contributed by atoms with Gasteiger partial charge in [0, 0.05) is 3.57 Å². The standard InChI is InChI=1S/C11H13I/c1-3-4-9(2)10-5-7-11(12)8-6-10/h3,5-9H,1,4H2,2H3. The molecule has 0 aromatic heterocycles. The summed E-state index contributed by atoms with van der Waals surface area (Å²) in [6.45, 7) is 5.97. The zero-order valence-electron chi connectivity index (χ0n) is 7.26. The Morgan fingerprint density at radius 2 is 2.00 bits per heavy atom. The Kier molecular flexibility index (Phi) is 3.79. The van der Waals surface area contributed by atoms with Crippen LogP contribution in [0.2, 0.25) is 0 Å². The van der Waals surface area contributed by atoms with Crippen LogP contribution in [0.5, 0.6) is 0 Å². The molecule has 0 amide bonds. The number of hydrogen-bond donors (Lipinski definition) is 0. The number of rotatable bonds is 3. The molecule has 0 aliphatic carbocycles. The fourth-order valence-electron chi connectivity index (χ4n) is 1.18. The van der Waals surface area contributed by atoms with Gasteiger partial charge in [-0.1, -0.05) is 25.1 Å². The molecule has 0 fully saturated rings. The molecule has 0 aliphatic rings. The molecule has 1 aromatic rings. The minimum absolute atomic E-state index is 0.597. The van der Waals surface area contributed by atoms with Crippen LogP contribution in [-0.4, -0.2) is 0 Å². The average molecular weight is 272 g/mol. The summed E-state index contributed by atoms with van der Waals surface area (Å²) >= 11 is 2.32. The zero-order chi connectivity index (χ0) is 8.97. The Balaban J connectivity index is 2.74. The van der Waals surface area contributed by atoms with Crippen molar-refractivity contribution in [2.24, 2.45) is 0 Å². The molecule has 12 heavy (non-hydrogen) atoms. The summed E-state index contributed by atoms with van der Waals surface area (Å²) in [5, 5.41) is 0. The smallest absolute Gasteiger partial charge is 0.0130 e. The van der Waals surface area contributed by atoms with Gasteiger partial charge in [0.2, 0.25) is 0 Å². The largest absolute Gasteiger partial charge is 0.103 e. The first-order chi connectivity index (χ1) is 5.74. The van der Waals surface area contributed by atoms with Crippen molar-refractivity contribution in [2.45, 2.75) is 19.3 Å². The molecule has 0 radical (unpaired) electrons. The Morgan fingerprint density at radius 1 is 1.42 bits per heavy atom. The minimum Gasteiger partial charge on any atom is -0.103 e. The normalized spacial score (nSPS) is 12.5. The van der Waals surface area contributed by atoms with Gasteiger partial charge in [-0.25, -0.2) is 0 Å². The second-order valence-electron chi connectivity index (χ2n) is 2.98. The van der Waals surface area contributed by atoms with Crippen LogP contribution in [0, 0.1) is 3.57 Å². The molecule has 0 N–H and O–H groups in total. The average Bonchev–Trinajstić information content (AvgIpc) is 2.06. The number of benzene rings is 1. The van der Waals surface area contributed by atoms with E-state index in [4.69, 9.17) is 0 Å². The van der Waals surface area contributed by atoms with E-state index >= 15 is 0 Å². The predicted octanol–water partition coefficient (Wildman–Crippen LogP) is 3.97. The Labute approximate surface area is 87.8 Å². The molecule has 0 saturated carbocycles. The van der Waals surface area contributed by atoms with E-state index in [-0.39, 0.29) is 0 Å². The van der Waals surface area contributed by atoms with Crippen molar-refractivity contribution in [1.29, 1.82) is 0 Å². The molecule has 0 saturated heterocycles. The minimum atomic E-state index is 0.597. The third-order valence-corrected chi connectivity index (χ3v) is 2.68.